The SMILES string of the molecule is O=C(Cc1ccc2ccccc2c1)Cn1ncc2c1-c1ccccc1CC2. The molecule has 132 valence electrons. The van der Waals surface area contributed by atoms with E-state index >= 15 is 0 Å². The Morgan fingerprint density at radius 2 is 1.67 bits per heavy atom. The Morgan fingerprint density at radius 3 is 2.59 bits per heavy atom. The quantitative estimate of drug-likeness (QED) is 0.537. The predicted molar refractivity (Wildman–Crippen MR) is 108 cm³/mol. The fraction of sp³-hybridized carbons (Fsp3) is 0.167. The number of Topliss-reactive ketones (excluding diaryl/α,β-unsaturated/α-hetero) is 1. The van der Waals surface area contributed by atoms with Gasteiger partial charge in [0.2, 0.25) is 0 Å². The molecule has 0 fully saturated rings. The Kier molecular flexibility index (Phi) is 3.86. The fourth-order valence-corrected chi connectivity index (χ4v) is 4.08. The Hall–Kier alpha value is -3.20. The number of hydrogen-bond acceptors (Lipinski definition) is 2. The Morgan fingerprint density at radius 1 is 0.889 bits per heavy atom. The molecule has 0 saturated heterocycles. The van der Waals surface area contributed by atoms with Crippen LogP contribution < -0.4 is 0 Å². The van der Waals surface area contributed by atoms with Crippen molar-refractivity contribution < 1.29 is 4.79 Å². The summed E-state index contributed by atoms with van der Waals surface area (Å²) in [4.78, 5) is 12.8. The number of hydrogen-bond donors (Lipinski definition) is 0. The first kappa shape index (κ1) is 16.0. The van der Waals surface area contributed by atoms with E-state index < -0.39 is 0 Å². The van der Waals surface area contributed by atoms with Crippen LogP contribution in [0.25, 0.3) is 22.0 Å². The zero-order valence-corrected chi connectivity index (χ0v) is 15.1. The van der Waals surface area contributed by atoms with Crippen molar-refractivity contribution in [3.05, 3.63) is 89.6 Å². The molecular formula is C24H20N2O. The largest absolute Gasteiger partial charge is 0.297 e. The normalized spacial score (nSPS) is 12.6. The molecule has 1 aromatic heterocycles. The van der Waals surface area contributed by atoms with Crippen molar-refractivity contribution in [1.82, 2.24) is 9.78 Å². The van der Waals surface area contributed by atoms with E-state index in [0.29, 0.717) is 13.0 Å². The Balaban J connectivity index is 1.40. The average molecular weight is 352 g/mol. The zero-order valence-electron chi connectivity index (χ0n) is 15.1. The van der Waals surface area contributed by atoms with Gasteiger partial charge in [0.05, 0.1) is 11.9 Å². The van der Waals surface area contributed by atoms with Gasteiger partial charge in [-0.2, -0.15) is 5.10 Å². The lowest BCUT2D eigenvalue weighted by atomic mass is 9.90. The van der Waals surface area contributed by atoms with Crippen molar-refractivity contribution in [2.75, 3.05) is 0 Å². The number of nitrogens with zero attached hydrogens (tertiary/aromatic N) is 2. The van der Waals surface area contributed by atoms with Gasteiger partial charge in [-0.1, -0.05) is 66.7 Å². The van der Waals surface area contributed by atoms with Crippen LogP contribution in [0.5, 0.6) is 0 Å². The molecule has 3 aromatic carbocycles. The van der Waals surface area contributed by atoms with Crippen LogP contribution in [0, 0.1) is 0 Å². The fourth-order valence-electron chi connectivity index (χ4n) is 4.08. The maximum absolute atomic E-state index is 12.8. The third-order valence-corrected chi connectivity index (χ3v) is 5.39. The van der Waals surface area contributed by atoms with Crippen molar-refractivity contribution in [3.8, 4) is 11.3 Å². The first-order valence-corrected chi connectivity index (χ1v) is 9.40. The lowest BCUT2D eigenvalue weighted by molar-refractivity contribution is -0.119. The molecule has 0 N–H and O–H groups in total. The third-order valence-electron chi connectivity index (χ3n) is 5.39. The van der Waals surface area contributed by atoms with Gasteiger partial charge in [0, 0.05) is 12.0 Å². The third kappa shape index (κ3) is 2.95. The summed E-state index contributed by atoms with van der Waals surface area (Å²) < 4.78 is 1.89. The summed E-state index contributed by atoms with van der Waals surface area (Å²) in [7, 11) is 0. The van der Waals surface area contributed by atoms with E-state index in [9.17, 15) is 4.79 Å². The minimum absolute atomic E-state index is 0.180. The standard InChI is InChI=1S/C24H20N2O/c27-22(14-17-9-10-18-5-1-2-7-20(18)13-17)16-26-24-21(15-25-26)12-11-19-6-3-4-8-23(19)24/h1-10,13,15H,11-12,14,16H2. The molecule has 0 amide bonds. The van der Waals surface area contributed by atoms with Gasteiger partial charge in [-0.3, -0.25) is 9.48 Å². The van der Waals surface area contributed by atoms with Gasteiger partial charge in [0.15, 0.2) is 5.78 Å². The minimum Gasteiger partial charge on any atom is -0.297 e. The molecule has 0 spiro atoms. The van der Waals surface area contributed by atoms with E-state index in [1.165, 1.54) is 27.5 Å². The first-order valence-electron chi connectivity index (χ1n) is 9.40. The van der Waals surface area contributed by atoms with Gasteiger partial charge in [0.25, 0.3) is 0 Å². The van der Waals surface area contributed by atoms with Crippen molar-refractivity contribution in [2.24, 2.45) is 0 Å². The van der Waals surface area contributed by atoms with E-state index in [4.69, 9.17) is 0 Å². The maximum Gasteiger partial charge on any atom is 0.158 e. The Bertz CT molecular complexity index is 1160. The molecule has 0 bridgehead atoms. The smallest absolute Gasteiger partial charge is 0.158 e. The molecule has 0 atom stereocenters. The summed E-state index contributed by atoms with van der Waals surface area (Å²) in [5.74, 6) is 0.180. The summed E-state index contributed by atoms with van der Waals surface area (Å²) in [6.45, 7) is 0.316. The molecule has 0 unspecified atom stereocenters. The lowest BCUT2D eigenvalue weighted by Crippen LogP contribution is -2.16. The number of rotatable bonds is 4. The van der Waals surface area contributed by atoms with Crippen molar-refractivity contribution in [1.29, 1.82) is 0 Å². The number of aromatic nitrogens is 2. The number of fused-ring (bicyclic) bond motifs is 4. The summed E-state index contributed by atoms with van der Waals surface area (Å²) in [6, 6.07) is 22.9. The van der Waals surface area contributed by atoms with Crippen LogP contribution in [-0.4, -0.2) is 15.6 Å². The average Bonchev–Trinajstić information content (AvgIpc) is 3.11. The van der Waals surface area contributed by atoms with Crippen LogP contribution in [0.1, 0.15) is 16.7 Å². The second-order valence-electron chi connectivity index (χ2n) is 7.23. The van der Waals surface area contributed by atoms with Crippen LogP contribution in [0.15, 0.2) is 72.9 Å². The second kappa shape index (κ2) is 6.51. The lowest BCUT2D eigenvalue weighted by Gasteiger charge is -2.18. The molecule has 27 heavy (non-hydrogen) atoms. The highest BCUT2D eigenvalue weighted by molar-refractivity contribution is 5.86. The van der Waals surface area contributed by atoms with Crippen LogP contribution in [0.3, 0.4) is 0 Å². The van der Waals surface area contributed by atoms with Crippen molar-refractivity contribution >= 4 is 16.6 Å². The highest BCUT2D eigenvalue weighted by Crippen LogP contribution is 2.33. The molecule has 0 aliphatic heterocycles. The van der Waals surface area contributed by atoms with E-state index in [0.717, 1.165) is 24.1 Å². The Labute approximate surface area is 158 Å². The van der Waals surface area contributed by atoms with Crippen molar-refractivity contribution in [2.45, 2.75) is 25.8 Å². The van der Waals surface area contributed by atoms with E-state index in [2.05, 4.69) is 53.6 Å². The van der Waals surface area contributed by atoms with E-state index in [1.807, 2.05) is 29.1 Å². The molecule has 0 saturated carbocycles. The molecule has 3 nitrogen and oxygen atoms in total. The van der Waals surface area contributed by atoms with Crippen LogP contribution in [0.2, 0.25) is 0 Å². The van der Waals surface area contributed by atoms with Gasteiger partial charge in [-0.15, -0.1) is 0 Å². The summed E-state index contributed by atoms with van der Waals surface area (Å²) in [5, 5.41) is 6.90. The van der Waals surface area contributed by atoms with E-state index in [1.54, 1.807) is 0 Å². The van der Waals surface area contributed by atoms with Gasteiger partial charge < -0.3 is 0 Å². The highest BCUT2D eigenvalue weighted by atomic mass is 16.1. The van der Waals surface area contributed by atoms with Gasteiger partial charge >= 0.3 is 0 Å². The van der Waals surface area contributed by atoms with Crippen LogP contribution in [0.4, 0.5) is 0 Å². The minimum atomic E-state index is 0.180. The molecule has 1 aliphatic rings. The molecule has 4 aromatic rings. The molecule has 1 aliphatic carbocycles. The molecule has 3 heteroatoms. The predicted octanol–water partition coefficient (Wildman–Crippen LogP) is 4.61. The van der Waals surface area contributed by atoms with Crippen molar-refractivity contribution in [3.63, 3.8) is 0 Å². The number of aryl methyl sites for hydroxylation is 2. The monoisotopic (exact) mass is 352 g/mol. The van der Waals surface area contributed by atoms with Gasteiger partial charge in [-0.25, -0.2) is 0 Å². The van der Waals surface area contributed by atoms with Crippen LogP contribution in [-0.2, 0) is 30.6 Å². The van der Waals surface area contributed by atoms with E-state index in [-0.39, 0.29) is 5.78 Å². The summed E-state index contributed by atoms with van der Waals surface area (Å²) >= 11 is 0. The number of benzene rings is 3. The number of carbonyl (C=O) groups excluding carboxylic acids is 1. The molecular weight excluding hydrogens is 332 g/mol. The van der Waals surface area contributed by atoms with Gasteiger partial charge in [-0.05, 0) is 40.3 Å². The number of carbonyl (C=O) groups is 1. The topological polar surface area (TPSA) is 34.9 Å². The maximum atomic E-state index is 12.8. The first-order chi connectivity index (χ1) is 13.3. The summed E-state index contributed by atoms with van der Waals surface area (Å²) in [5.41, 5.74) is 5.97. The van der Waals surface area contributed by atoms with Crippen LogP contribution >= 0.6 is 0 Å². The van der Waals surface area contributed by atoms with Gasteiger partial charge in [0.1, 0.15) is 6.54 Å². The molecule has 5 rings (SSSR count). The summed E-state index contributed by atoms with van der Waals surface area (Å²) in [6.07, 6.45) is 4.39. The zero-order chi connectivity index (χ0) is 18.2. The molecule has 1 heterocycles. The second-order valence-corrected chi connectivity index (χ2v) is 7.23. The number of ketones is 1. The highest BCUT2D eigenvalue weighted by Gasteiger charge is 2.21. The molecule has 0 radical (unpaired) electrons.